The Morgan fingerprint density at radius 1 is 1.24 bits per heavy atom. The molecule has 3 rings (SSSR count). The van der Waals surface area contributed by atoms with Gasteiger partial charge in [0.05, 0.1) is 0 Å². The number of ether oxygens (including phenoxy) is 2. The van der Waals surface area contributed by atoms with E-state index in [4.69, 9.17) is 9.47 Å². The van der Waals surface area contributed by atoms with Crippen LogP contribution in [0.5, 0.6) is 0 Å². The maximum absolute atomic E-state index is 12.3. The summed E-state index contributed by atoms with van der Waals surface area (Å²) in [6.45, 7) is 2.13. The Bertz CT molecular complexity index is 319. The van der Waals surface area contributed by atoms with E-state index in [0.29, 0.717) is 0 Å². The van der Waals surface area contributed by atoms with Crippen LogP contribution < -0.4 is 0 Å². The van der Waals surface area contributed by atoms with Gasteiger partial charge in [0.2, 0.25) is 0 Å². The van der Waals surface area contributed by atoms with Crippen molar-refractivity contribution in [2.75, 3.05) is 0 Å². The molecule has 0 aromatic rings. The molecule has 2 saturated carbocycles. The summed E-state index contributed by atoms with van der Waals surface area (Å²) in [5.74, 6) is -0.0639. The molecule has 2 aliphatic carbocycles. The summed E-state index contributed by atoms with van der Waals surface area (Å²) >= 11 is 0. The van der Waals surface area contributed by atoms with E-state index in [-0.39, 0.29) is 17.7 Å². The molecule has 3 nitrogen and oxygen atoms in total. The Kier molecular flexibility index (Phi) is 2.69. The number of hydrogen-bond donors (Lipinski definition) is 0. The average molecular weight is 238 g/mol. The Morgan fingerprint density at radius 2 is 2.00 bits per heavy atom. The smallest absolute Gasteiger partial charge is 0.341 e. The maximum atomic E-state index is 12.3. The molecule has 0 aromatic heterocycles. The molecular formula is C14H22O3. The van der Waals surface area contributed by atoms with Crippen LogP contribution in [0.25, 0.3) is 0 Å². The third-order valence-corrected chi connectivity index (χ3v) is 4.90. The van der Waals surface area contributed by atoms with Crippen LogP contribution in [0.1, 0.15) is 64.7 Å². The SMILES string of the molecule is CCC12CCCCCC1(C(=O)OC1CCC1)O2. The van der Waals surface area contributed by atoms with Crippen molar-refractivity contribution in [2.45, 2.75) is 82.0 Å². The molecule has 2 atom stereocenters. The molecule has 1 saturated heterocycles. The second-order valence-corrected chi connectivity index (χ2v) is 5.80. The molecule has 0 amide bonds. The highest BCUT2D eigenvalue weighted by Gasteiger charge is 2.74. The molecule has 1 heterocycles. The van der Waals surface area contributed by atoms with Gasteiger partial charge in [-0.05, 0) is 44.9 Å². The fraction of sp³-hybridized carbons (Fsp3) is 0.929. The van der Waals surface area contributed by atoms with Gasteiger partial charge in [-0.1, -0.05) is 19.8 Å². The highest BCUT2D eigenvalue weighted by atomic mass is 16.7. The van der Waals surface area contributed by atoms with Crippen LogP contribution in [0, 0.1) is 0 Å². The molecule has 96 valence electrons. The number of fused-ring (bicyclic) bond motifs is 1. The van der Waals surface area contributed by atoms with Crippen LogP contribution in [0.4, 0.5) is 0 Å². The molecule has 0 N–H and O–H groups in total. The first-order valence-electron chi connectivity index (χ1n) is 7.14. The van der Waals surface area contributed by atoms with Crippen LogP contribution in [0.15, 0.2) is 0 Å². The second kappa shape index (κ2) is 3.98. The summed E-state index contributed by atoms with van der Waals surface area (Å²) in [5, 5.41) is 0. The lowest BCUT2D eigenvalue weighted by Crippen LogP contribution is -2.38. The lowest BCUT2D eigenvalue weighted by molar-refractivity contribution is -0.160. The first kappa shape index (κ1) is 11.5. The number of carbonyl (C=O) groups excluding carboxylic acids is 1. The van der Waals surface area contributed by atoms with E-state index in [1.54, 1.807) is 0 Å². The van der Waals surface area contributed by atoms with Gasteiger partial charge in [0, 0.05) is 0 Å². The van der Waals surface area contributed by atoms with Gasteiger partial charge in [-0.3, -0.25) is 0 Å². The van der Waals surface area contributed by atoms with E-state index in [1.807, 2.05) is 0 Å². The first-order valence-corrected chi connectivity index (χ1v) is 7.14. The normalized spacial score (nSPS) is 41.0. The molecule has 0 bridgehead atoms. The number of esters is 1. The predicted molar refractivity (Wildman–Crippen MR) is 63.7 cm³/mol. The van der Waals surface area contributed by atoms with Crippen LogP contribution in [0.2, 0.25) is 0 Å². The fourth-order valence-corrected chi connectivity index (χ4v) is 3.40. The molecule has 17 heavy (non-hydrogen) atoms. The zero-order valence-corrected chi connectivity index (χ0v) is 10.7. The van der Waals surface area contributed by atoms with E-state index >= 15 is 0 Å². The zero-order chi connectivity index (χ0) is 11.9. The molecule has 0 radical (unpaired) electrons. The largest absolute Gasteiger partial charge is 0.460 e. The molecule has 3 heteroatoms. The third-order valence-electron chi connectivity index (χ3n) is 4.90. The minimum Gasteiger partial charge on any atom is -0.460 e. The number of hydrogen-bond acceptors (Lipinski definition) is 3. The average Bonchev–Trinajstić information content (AvgIpc) is 2.93. The summed E-state index contributed by atoms with van der Waals surface area (Å²) in [4.78, 5) is 12.3. The minimum absolute atomic E-state index is 0.0639. The van der Waals surface area contributed by atoms with Gasteiger partial charge in [0.25, 0.3) is 0 Å². The molecule has 2 unspecified atom stereocenters. The lowest BCUT2D eigenvalue weighted by atomic mass is 9.85. The minimum atomic E-state index is -0.562. The Morgan fingerprint density at radius 3 is 2.65 bits per heavy atom. The van der Waals surface area contributed by atoms with Crippen LogP contribution in [-0.4, -0.2) is 23.3 Å². The number of epoxide rings is 1. The standard InChI is InChI=1S/C14H22O3/c1-2-13-9-4-3-5-10-14(13,17-13)12(15)16-11-7-6-8-11/h11H,2-10H2,1H3. The fourth-order valence-electron chi connectivity index (χ4n) is 3.40. The van der Waals surface area contributed by atoms with E-state index < -0.39 is 5.60 Å². The summed E-state index contributed by atoms with van der Waals surface area (Å²) < 4.78 is 11.5. The van der Waals surface area contributed by atoms with Gasteiger partial charge < -0.3 is 9.47 Å². The van der Waals surface area contributed by atoms with Gasteiger partial charge in [0.1, 0.15) is 11.7 Å². The van der Waals surface area contributed by atoms with Gasteiger partial charge in [0.15, 0.2) is 5.60 Å². The Balaban J connectivity index is 1.72. The van der Waals surface area contributed by atoms with Crippen molar-refractivity contribution in [3.63, 3.8) is 0 Å². The zero-order valence-electron chi connectivity index (χ0n) is 10.7. The second-order valence-electron chi connectivity index (χ2n) is 5.80. The van der Waals surface area contributed by atoms with Crippen molar-refractivity contribution in [3.8, 4) is 0 Å². The van der Waals surface area contributed by atoms with Crippen molar-refractivity contribution in [1.29, 1.82) is 0 Å². The van der Waals surface area contributed by atoms with E-state index in [1.165, 1.54) is 19.3 Å². The van der Waals surface area contributed by atoms with Crippen LogP contribution >= 0.6 is 0 Å². The third kappa shape index (κ3) is 1.62. The number of rotatable bonds is 3. The molecule has 1 aliphatic heterocycles. The molecule has 3 fully saturated rings. The molecular weight excluding hydrogens is 216 g/mol. The van der Waals surface area contributed by atoms with Crippen molar-refractivity contribution >= 4 is 5.97 Å². The van der Waals surface area contributed by atoms with Crippen LogP contribution in [-0.2, 0) is 14.3 Å². The summed E-state index contributed by atoms with van der Waals surface area (Å²) in [6.07, 6.45) is 9.81. The van der Waals surface area contributed by atoms with Crippen molar-refractivity contribution in [1.82, 2.24) is 0 Å². The van der Waals surface area contributed by atoms with Gasteiger partial charge in [-0.2, -0.15) is 0 Å². The van der Waals surface area contributed by atoms with Crippen molar-refractivity contribution in [3.05, 3.63) is 0 Å². The summed E-state index contributed by atoms with van der Waals surface area (Å²) in [7, 11) is 0. The highest BCUT2D eigenvalue weighted by Crippen LogP contribution is 2.59. The van der Waals surface area contributed by atoms with Crippen molar-refractivity contribution < 1.29 is 14.3 Å². The number of carbonyl (C=O) groups is 1. The highest BCUT2D eigenvalue weighted by molar-refractivity contribution is 5.85. The predicted octanol–water partition coefficient (Wildman–Crippen LogP) is 2.96. The maximum Gasteiger partial charge on any atom is 0.341 e. The Labute approximate surface area is 103 Å². The van der Waals surface area contributed by atoms with Crippen LogP contribution in [0.3, 0.4) is 0 Å². The monoisotopic (exact) mass is 238 g/mol. The molecule has 3 aliphatic rings. The molecule has 0 aromatic carbocycles. The van der Waals surface area contributed by atoms with Gasteiger partial charge in [-0.25, -0.2) is 4.79 Å². The molecule has 0 spiro atoms. The van der Waals surface area contributed by atoms with Crippen molar-refractivity contribution in [2.24, 2.45) is 0 Å². The van der Waals surface area contributed by atoms with E-state index in [9.17, 15) is 4.79 Å². The van der Waals surface area contributed by atoms with E-state index in [2.05, 4.69) is 6.92 Å². The quantitative estimate of drug-likeness (QED) is 0.560. The lowest BCUT2D eigenvalue weighted by Gasteiger charge is -2.27. The first-order chi connectivity index (χ1) is 8.22. The van der Waals surface area contributed by atoms with E-state index in [0.717, 1.165) is 38.5 Å². The Hall–Kier alpha value is -0.570. The topological polar surface area (TPSA) is 38.8 Å². The van der Waals surface area contributed by atoms with Gasteiger partial charge >= 0.3 is 5.97 Å². The summed E-state index contributed by atoms with van der Waals surface area (Å²) in [6, 6.07) is 0. The van der Waals surface area contributed by atoms with Gasteiger partial charge in [-0.15, -0.1) is 0 Å². The summed E-state index contributed by atoms with van der Waals surface area (Å²) in [5.41, 5.74) is -0.738.